The quantitative estimate of drug-likeness (QED) is 0.655. The van der Waals surface area contributed by atoms with Crippen molar-refractivity contribution in [1.29, 1.82) is 0 Å². The molecule has 0 aromatic carbocycles. The molecular weight excluding hydrogens is 344 g/mol. The minimum atomic E-state index is -0.894. The van der Waals surface area contributed by atoms with Crippen LogP contribution >= 0.6 is 0 Å². The van der Waals surface area contributed by atoms with Gasteiger partial charge < -0.3 is 20.1 Å². The maximum atomic E-state index is 11.3. The molecule has 0 amide bonds. The summed E-state index contributed by atoms with van der Waals surface area (Å²) in [5, 5.41) is 32.2. The molecule has 154 valence electrons. The molecule has 2 bridgehead atoms. The molecule has 0 radical (unpaired) electrons. The van der Waals surface area contributed by atoms with Gasteiger partial charge in [0.2, 0.25) is 0 Å². The van der Waals surface area contributed by atoms with E-state index in [1.165, 1.54) is 6.92 Å². The number of rotatable bonds is 3. The number of ether oxygens (including phenoxy) is 1. The Hall–Kier alpha value is -0.650. The van der Waals surface area contributed by atoms with Crippen molar-refractivity contribution >= 4 is 5.97 Å². The number of hydrogen-bond donors (Lipinski definition) is 3. The van der Waals surface area contributed by atoms with Gasteiger partial charge in [-0.05, 0) is 80.0 Å². The highest BCUT2D eigenvalue weighted by molar-refractivity contribution is 5.65. The van der Waals surface area contributed by atoms with Crippen LogP contribution < -0.4 is 0 Å². The van der Waals surface area contributed by atoms with E-state index in [1.54, 1.807) is 0 Å². The number of fused-ring (bicyclic) bond motifs is 2. The van der Waals surface area contributed by atoms with Gasteiger partial charge in [0.25, 0.3) is 0 Å². The van der Waals surface area contributed by atoms with Crippen molar-refractivity contribution in [3.63, 3.8) is 0 Å². The summed E-state index contributed by atoms with van der Waals surface area (Å²) in [5.74, 6) is 0.756. The second kappa shape index (κ2) is 6.17. The van der Waals surface area contributed by atoms with Gasteiger partial charge in [0.1, 0.15) is 12.2 Å². The number of aliphatic hydroxyl groups excluding tert-OH is 2. The number of carbonyl (C=O) groups excluding carboxylic acids is 1. The topological polar surface area (TPSA) is 87.0 Å². The highest BCUT2D eigenvalue weighted by Crippen LogP contribution is 2.75. The Morgan fingerprint density at radius 1 is 1.11 bits per heavy atom. The van der Waals surface area contributed by atoms with E-state index in [0.717, 1.165) is 44.9 Å². The van der Waals surface area contributed by atoms with Crippen LogP contribution in [-0.4, -0.2) is 46.2 Å². The predicted molar refractivity (Wildman–Crippen MR) is 101 cm³/mol. The van der Waals surface area contributed by atoms with E-state index in [-0.39, 0.29) is 35.9 Å². The molecule has 1 spiro atoms. The third-order valence-corrected chi connectivity index (χ3v) is 9.80. The van der Waals surface area contributed by atoms with E-state index in [9.17, 15) is 20.1 Å². The highest BCUT2D eigenvalue weighted by atomic mass is 16.5. The SMILES string of the molecule is CC(=O)OCC1(O)CC[C@]23C[C@H]1C[C@@H]2CC[C@H]1[C@](C)(CO)[C@H](O)CC[C@@]13C. The zero-order chi connectivity index (χ0) is 19.7. The molecule has 5 heteroatoms. The van der Waals surface area contributed by atoms with Crippen molar-refractivity contribution in [2.45, 2.75) is 83.8 Å². The molecule has 8 atom stereocenters. The second-order valence-electron chi connectivity index (χ2n) is 10.6. The van der Waals surface area contributed by atoms with Gasteiger partial charge in [-0.1, -0.05) is 13.8 Å². The molecule has 0 aliphatic heterocycles. The zero-order valence-electron chi connectivity index (χ0n) is 17.0. The molecular formula is C22H36O5. The minimum absolute atomic E-state index is 0.0367. The molecule has 27 heavy (non-hydrogen) atoms. The molecule has 0 aromatic heterocycles. The first-order valence-corrected chi connectivity index (χ1v) is 10.8. The van der Waals surface area contributed by atoms with Gasteiger partial charge in [0, 0.05) is 12.3 Å². The van der Waals surface area contributed by atoms with Crippen LogP contribution in [0.25, 0.3) is 0 Å². The van der Waals surface area contributed by atoms with Crippen molar-refractivity contribution in [3.8, 4) is 0 Å². The Kier molecular flexibility index (Phi) is 4.49. The summed E-state index contributed by atoms with van der Waals surface area (Å²) in [7, 11) is 0. The molecule has 3 N–H and O–H groups in total. The summed E-state index contributed by atoms with van der Waals surface area (Å²) in [6, 6.07) is 0. The van der Waals surface area contributed by atoms with Gasteiger partial charge in [0.05, 0.1) is 12.7 Å². The maximum Gasteiger partial charge on any atom is 0.302 e. The van der Waals surface area contributed by atoms with E-state index in [2.05, 4.69) is 13.8 Å². The fourth-order valence-corrected chi connectivity index (χ4v) is 8.14. The van der Waals surface area contributed by atoms with Gasteiger partial charge in [0.15, 0.2) is 0 Å². The summed E-state index contributed by atoms with van der Waals surface area (Å²) < 4.78 is 5.23. The van der Waals surface area contributed by atoms with Crippen LogP contribution in [0.2, 0.25) is 0 Å². The van der Waals surface area contributed by atoms with Crippen molar-refractivity contribution in [2.75, 3.05) is 13.2 Å². The number of esters is 1. The molecule has 4 saturated carbocycles. The van der Waals surface area contributed by atoms with Crippen molar-refractivity contribution in [3.05, 3.63) is 0 Å². The first-order chi connectivity index (χ1) is 12.6. The van der Waals surface area contributed by atoms with Gasteiger partial charge in [-0.3, -0.25) is 4.79 Å². The summed E-state index contributed by atoms with van der Waals surface area (Å²) in [6.07, 6.45) is 7.11. The average Bonchev–Trinajstić information content (AvgIpc) is 2.98. The monoisotopic (exact) mass is 380 g/mol. The summed E-state index contributed by atoms with van der Waals surface area (Å²) in [5.41, 5.74) is -1.06. The molecule has 0 saturated heterocycles. The average molecular weight is 381 g/mol. The van der Waals surface area contributed by atoms with E-state index in [0.29, 0.717) is 18.3 Å². The van der Waals surface area contributed by atoms with Crippen LogP contribution in [0.5, 0.6) is 0 Å². The number of carbonyl (C=O) groups is 1. The Bertz CT molecular complexity index is 622. The van der Waals surface area contributed by atoms with Crippen molar-refractivity contribution in [2.24, 2.45) is 34.0 Å². The summed E-state index contributed by atoms with van der Waals surface area (Å²) >= 11 is 0. The highest BCUT2D eigenvalue weighted by Gasteiger charge is 2.70. The Labute approximate surface area is 162 Å². The largest absolute Gasteiger partial charge is 0.463 e. The van der Waals surface area contributed by atoms with E-state index < -0.39 is 17.1 Å². The van der Waals surface area contributed by atoms with E-state index in [4.69, 9.17) is 4.74 Å². The number of aliphatic hydroxyl groups is 3. The lowest BCUT2D eigenvalue weighted by atomic mass is 9.39. The molecule has 0 aromatic rings. The molecule has 4 aliphatic carbocycles. The van der Waals surface area contributed by atoms with Crippen molar-refractivity contribution in [1.82, 2.24) is 0 Å². The Morgan fingerprint density at radius 3 is 2.52 bits per heavy atom. The third-order valence-electron chi connectivity index (χ3n) is 9.80. The molecule has 1 unspecified atom stereocenters. The third kappa shape index (κ3) is 2.50. The standard InChI is InChI=1S/C22H36O5/c1-14(24)27-13-22(26)9-8-21-11-16(22)10-15(21)4-5-17-19(2,12-23)18(25)6-7-20(17,21)3/h15-18,23,25-26H,4-13H2,1-3H3/t15-,16+,17-,18+,19-,20-,21-,22?/m0/s1. The smallest absolute Gasteiger partial charge is 0.302 e. The molecule has 5 nitrogen and oxygen atoms in total. The van der Waals surface area contributed by atoms with Crippen LogP contribution in [0.4, 0.5) is 0 Å². The fourth-order valence-electron chi connectivity index (χ4n) is 8.14. The molecule has 4 aliphatic rings. The molecule has 4 rings (SSSR count). The van der Waals surface area contributed by atoms with E-state index >= 15 is 0 Å². The van der Waals surface area contributed by atoms with Crippen LogP contribution in [0, 0.1) is 34.0 Å². The predicted octanol–water partition coefficient (Wildman–Crippen LogP) is 2.66. The first-order valence-electron chi connectivity index (χ1n) is 10.8. The van der Waals surface area contributed by atoms with Crippen LogP contribution in [0.3, 0.4) is 0 Å². The Balaban J connectivity index is 1.65. The van der Waals surface area contributed by atoms with Crippen LogP contribution in [0.1, 0.15) is 72.1 Å². The van der Waals surface area contributed by atoms with Gasteiger partial charge >= 0.3 is 5.97 Å². The van der Waals surface area contributed by atoms with Crippen LogP contribution in [-0.2, 0) is 9.53 Å². The van der Waals surface area contributed by atoms with Crippen LogP contribution in [0.15, 0.2) is 0 Å². The molecule has 0 heterocycles. The fraction of sp³-hybridized carbons (Fsp3) is 0.955. The van der Waals surface area contributed by atoms with Gasteiger partial charge in [-0.2, -0.15) is 0 Å². The lowest BCUT2D eigenvalue weighted by Crippen LogP contribution is -2.63. The summed E-state index contributed by atoms with van der Waals surface area (Å²) in [4.78, 5) is 11.3. The summed E-state index contributed by atoms with van der Waals surface area (Å²) in [6.45, 7) is 6.03. The Morgan fingerprint density at radius 2 is 1.85 bits per heavy atom. The lowest BCUT2D eigenvalue weighted by Gasteiger charge is -2.66. The maximum absolute atomic E-state index is 11.3. The second-order valence-corrected chi connectivity index (χ2v) is 10.6. The lowest BCUT2D eigenvalue weighted by molar-refractivity contribution is -0.217. The number of hydrogen-bond acceptors (Lipinski definition) is 5. The van der Waals surface area contributed by atoms with Gasteiger partial charge in [-0.25, -0.2) is 0 Å². The minimum Gasteiger partial charge on any atom is -0.463 e. The van der Waals surface area contributed by atoms with E-state index in [1.807, 2.05) is 0 Å². The first kappa shape index (κ1) is 19.7. The van der Waals surface area contributed by atoms with Gasteiger partial charge in [-0.15, -0.1) is 0 Å². The van der Waals surface area contributed by atoms with Crippen molar-refractivity contribution < 1.29 is 24.9 Å². The normalized spacial score (nSPS) is 54.1. The molecule has 4 fully saturated rings. The zero-order valence-corrected chi connectivity index (χ0v) is 17.0.